The second-order valence-electron chi connectivity index (χ2n) is 7.89. The Bertz CT molecular complexity index is 1310. The number of aliphatic carboxylic acids is 1. The Hall–Kier alpha value is -3.17. The Morgan fingerprint density at radius 3 is 2.47 bits per heavy atom. The summed E-state index contributed by atoms with van der Waals surface area (Å²) in [5.41, 5.74) is 4.14. The largest absolute Gasteiger partial charge is 0.490 e. The highest BCUT2D eigenvalue weighted by atomic mass is 35.5. The van der Waals surface area contributed by atoms with E-state index in [0.29, 0.717) is 10.3 Å². The molecular weight excluding hydrogens is 511 g/mol. The van der Waals surface area contributed by atoms with Gasteiger partial charge in [0.15, 0.2) is 0 Å². The summed E-state index contributed by atoms with van der Waals surface area (Å²) in [7, 11) is 0. The lowest BCUT2D eigenvalue weighted by atomic mass is 10.1. The number of carbonyl (C=O) groups is 1. The van der Waals surface area contributed by atoms with Crippen molar-refractivity contribution in [2.24, 2.45) is 0 Å². The summed E-state index contributed by atoms with van der Waals surface area (Å²) >= 11 is 8.18. The van der Waals surface area contributed by atoms with Gasteiger partial charge in [-0.25, -0.2) is 9.78 Å². The van der Waals surface area contributed by atoms with Gasteiger partial charge in [0.25, 0.3) is 0 Å². The third-order valence-corrected chi connectivity index (χ3v) is 6.63. The van der Waals surface area contributed by atoms with Crippen LogP contribution < -0.4 is 5.32 Å². The van der Waals surface area contributed by atoms with Gasteiger partial charge in [-0.1, -0.05) is 67.9 Å². The molecule has 5 nitrogen and oxygen atoms in total. The summed E-state index contributed by atoms with van der Waals surface area (Å²) in [4.78, 5) is 15.1. The van der Waals surface area contributed by atoms with Crippen LogP contribution in [0.2, 0.25) is 5.02 Å². The first-order chi connectivity index (χ1) is 17.1. The molecule has 0 bridgehead atoms. The molecule has 2 heterocycles. The summed E-state index contributed by atoms with van der Waals surface area (Å²) in [5, 5.41) is 12.0. The van der Waals surface area contributed by atoms with Gasteiger partial charge in [0, 0.05) is 28.5 Å². The maximum absolute atomic E-state index is 10.6. The number of aromatic nitrogens is 2. The fourth-order valence-corrected chi connectivity index (χ4v) is 4.35. The summed E-state index contributed by atoms with van der Waals surface area (Å²) in [6, 6.07) is 22.8. The Morgan fingerprint density at radius 2 is 1.83 bits per heavy atom. The zero-order valence-corrected chi connectivity index (χ0v) is 21.2. The van der Waals surface area contributed by atoms with Crippen LogP contribution in [0.1, 0.15) is 25.8 Å². The molecule has 0 radical (unpaired) electrons. The molecule has 0 aliphatic carbocycles. The normalized spacial score (nSPS) is 12.1. The number of fused-ring (bicyclic) bond motifs is 1. The van der Waals surface area contributed by atoms with E-state index in [9.17, 15) is 13.2 Å². The molecule has 4 rings (SSSR count). The van der Waals surface area contributed by atoms with Crippen LogP contribution in [0.15, 0.2) is 77.8 Å². The molecule has 10 heteroatoms. The van der Waals surface area contributed by atoms with E-state index in [1.807, 2.05) is 40.6 Å². The number of carboxylic acid groups (broad SMARTS) is 1. The second-order valence-corrected chi connectivity index (χ2v) is 9.84. The first-order valence-corrected chi connectivity index (χ1v) is 12.4. The number of alkyl halides is 3. The van der Waals surface area contributed by atoms with Crippen molar-refractivity contribution in [3.8, 4) is 11.3 Å². The molecule has 4 aromatic rings. The molecular formula is C26H25ClF3N3O2S. The fraction of sp³-hybridized carbons (Fsp3) is 0.231. The molecule has 0 saturated heterocycles. The van der Waals surface area contributed by atoms with Crippen molar-refractivity contribution in [1.82, 2.24) is 9.38 Å². The first kappa shape index (κ1) is 27.4. The molecule has 2 aromatic carbocycles. The van der Waals surface area contributed by atoms with Gasteiger partial charge < -0.3 is 10.4 Å². The van der Waals surface area contributed by atoms with E-state index in [1.165, 1.54) is 10.5 Å². The summed E-state index contributed by atoms with van der Waals surface area (Å²) in [6.45, 7) is 5.20. The van der Waals surface area contributed by atoms with E-state index in [4.69, 9.17) is 26.5 Å². The third-order valence-electron chi connectivity index (χ3n) is 5.15. The average molecular weight is 536 g/mol. The van der Waals surface area contributed by atoms with Gasteiger partial charge in [-0.3, -0.25) is 4.40 Å². The van der Waals surface area contributed by atoms with Crippen molar-refractivity contribution in [3.63, 3.8) is 0 Å². The molecule has 0 amide bonds. The zero-order chi connectivity index (χ0) is 26.3. The SMILES string of the molecule is CCC(C)Sc1cccc(-c2nc3ccc(Cl)cn3c2NCc2ccccc2)c1.O=C(O)C(F)(F)F. The molecule has 0 spiro atoms. The summed E-state index contributed by atoms with van der Waals surface area (Å²) in [6.07, 6.45) is -2.02. The standard InChI is InChI=1S/C24H24ClN3S.C2HF3O2/c1-3-17(2)29-21-11-7-10-19(14-21)23-24(26-15-18-8-5-4-6-9-18)28-16-20(25)12-13-22(28)27-23;3-2(4,5)1(6)7/h4-14,16-17,26H,3,15H2,1-2H3;(H,6,7). The predicted octanol–water partition coefficient (Wildman–Crippen LogP) is 7.79. The van der Waals surface area contributed by atoms with Crippen LogP contribution >= 0.6 is 23.4 Å². The Labute approximate surface area is 216 Å². The lowest BCUT2D eigenvalue weighted by molar-refractivity contribution is -0.192. The van der Waals surface area contributed by atoms with Crippen LogP contribution in [0.25, 0.3) is 16.9 Å². The highest BCUT2D eigenvalue weighted by molar-refractivity contribution is 7.99. The molecule has 0 aliphatic rings. The molecule has 0 fully saturated rings. The number of thioether (sulfide) groups is 1. The van der Waals surface area contributed by atoms with Crippen LogP contribution in [-0.4, -0.2) is 31.9 Å². The topological polar surface area (TPSA) is 66.6 Å². The second kappa shape index (κ2) is 12.2. The smallest absolute Gasteiger partial charge is 0.475 e. The Kier molecular flexibility index (Phi) is 9.28. The van der Waals surface area contributed by atoms with Crippen molar-refractivity contribution >= 4 is 40.8 Å². The molecule has 0 aliphatic heterocycles. The first-order valence-electron chi connectivity index (χ1n) is 11.1. The number of rotatable bonds is 7. The molecule has 190 valence electrons. The van der Waals surface area contributed by atoms with Crippen LogP contribution in [0.4, 0.5) is 19.0 Å². The number of nitrogens with zero attached hydrogens (tertiary/aromatic N) is 2. The van der Waals surface area contributed by atoms with Crippen molar-refractivity contribution in [2.45, 2.75) is 43.1 Å². The number of carboxylic acids is 1. The number of benzene rings is 2. The van der Waals surface area contributed by atoms with Gasteiger partial charge >= 0.3 is 12.1 Å². The monoisotopic (exact) mass is 535 g/mol. The van der Waals surface area contributed by atoms with E-state index in [0.717, 1.165) is 35.7 Å². The van der Waals surface area contributed by atoms with Gasteiger partial charge in [0.05, 0.1) is 5.02 Å². The quantitative estimate of drug-likeness (QED) is 0.236. The van der Waals surface area contributed by atoms with Gasteiger partial charge in [0.2, 0.25) is 0 Å². The number of imidazole rings is 1. The zero-order valence-electron chi connectivity index (χ0n) is 19.6. The number of anilines is 1. The Morgan fingerprint density at radius 1 is 1.14 bits per heavy atom. The van der Waals surface area contributed by atoms with E-state index in [-0.39, 0.29) is 0 Å². The van der Waals surface area contributed by atoms with Crippen molar-refractivity contribution < 1.29 is 23.1 Å². The minimum atomic E-state index is -5.08. The van der Waals surface area contributed by atoms with Gasteiger partial charge in [-0.05, 0) is 36.2 Å². The van der Waals surface area contributed by atoms with E-state index in [1.54, 1.807) is 0 Å². The maximum atomic E-state index is 10.6. The molecule has 0 saturated carbocycles. The van der Waals surface area contributed by atoms with Gasteiger partial charge in [-0.2, -0.15) is 13.2 Å². The molecule has 1 unspecified atom stereocenters. The lowest BCUT2D eigenvalue weighted by Gasteiger charge is -2.11. The number of hydrogen-bond donors (Lipinski definition) is 2. The predicted molar refractivity (Wildman–Crippen MR) is 139 cm³/mol. The van der Waals surface area contributed by atoms with Crippen LogP contribution in [-0.2, 0) is 11.3 Å². The number of halogens is 4. The minimum Gasteiger partial charge on any atom is -0.475 e. The number of pyridine rings is 1. The highest BCUT2D eigenvalue weighted by Gasteiger charge is 2.38. The van der Waals surface area contributed by atoms with Gasteiger partial charge in [-0.15, -0.1) is 11.8 Å². The molecule has 36 heavy (non-hydrogen) atoms. The fourth-order valence-electron chi connectivity index (χ4n) is 3.20. The van der Waals surface area contributed by atoms with Crippen LogP contribution in [0.5, 0.6) is 0 Å². The minimum absolute atomic E-state index is 0.584. The molecule has 2 N–H and O–H groups in total. The van der Waals surface area contributed by atoms with Crippen LogP contribution in [0, 0.1) is 0 Å². The van der Waals surface area contributed by atoms with Crippen LogP contribution in [0.3, 0.4) is 0 Å². The van der Waals surface area contributed by atoms with Gasteiger partial charge in [0.1, 0.15) is 17.2 Å². The van der Waals surface area contributed by atoms with Crippen molar-refractivity contribution in [3.05, 3.63) is 83.5 Å². The maximum Gasteiger partial charge on any atom is 0.490 e. The summed E-state index contributed by atoms with van der Waals surface area (Å²) < 4.78 is 33.8. The number of nitrogens with one attached hydrogen (secondary N) is 1. The third kappa shape index (κ3) is 7.41. The highest BCUT2D eigenvalue weighted by Crippen LogP contribution is 2.34. The average Bonchev–Trinajstić information content (AvgIpc) is 3.21. The van der Waals surface area contributed by atoms with Crippen molar-refractivity contribution in [1.29, 1.82) is 0 Å². The van der Waals surface area contributed by atoms with E-state index < -0.39 is 12.1 Å². The lowest BCUT2D eigenvalue weighted by Crippen LogP contribution is -2.21. The van der Waals surface area contributed by atoms with E-state index >= 15 is 0 Å². The molecule has 1 atom stereocenters. The number of hydrogen-bond acceptors (Lipinski definition) is 4. The summed E-state index contributed by atoms with van der Waals surface area (Å²) in [5.74, 6) is -1.80. The Balaban J connectivity index is 0.000000454. The van der Waals surface area contributed by atoms with Crippen molar-refractivity contribution in [2.75, 3.05) is 5.32 Å². The molecule has 2 aromatic heterocycles. The van der Waals surface area contributed by atoms with E-state index in [2.05, 4.69) is 67.7 Å².